The van der Waals surface area contributed by atoms with Gasteiger partial charge in [0.25, 0.3) is 10.0 Å². The van der Waals surface area contributed by atoms with Gasteiger partial charge in [0.05, 0.1) is 19.8 Å². The quantitative estimate of drug-likeness (QED) is 0.866. The zero-order chi connectivity index (χ0) is 15.7. The molecule has 2 fully saturated rings. The molecule has 1 aliphatic heterocycles. The number of morpholine rings is 1. The Hall–Kier alpha value is -0.960. The molecule has 1 aromatic rings. The summed E-state index contributed by atoms with van der Waals surface area (Å²) in [5.41, 5.74) is 0. The van der Waals surface area contributed by atoms with Gasteiger partial charge in [-0.3, -0.25) is 4.79 Å². The second kappa shape index (κ2) is 6.27. The van der Waals surface area contributed by atoms with Crippen LogP contribution in [0.5, 0.6) is 0 Å². The SMILES string of the molecule is C[C@@H]1C[C@H]1C(=O)NCc1ccc(S(=O)(=O)N2CCOCC2)s1. The number of hydrogen-bond donors (Lipinski definition) is 1. The number of carbonyl (C=O) groups is 1. The molecule has 0 spiro atoms. The molecule has 1 amide bonds. The Labute approximate surface area is 134 Å². The highest BCUT2D eigenvalue weighted by molar-refractivity contribution is 7.91. The maximum absolute atomic E-state index is 12.5. The number of thiophene rings is 1. The van der Waals surface area contributed by atoms with E-state index in [1.165, 1.54) is 15.6 Å². The first-order chi connectivity index (χ1) is 10.5. The predicted molar refractivity (Wildman–Crippen MR) is 83.0 cm³/mol. The second-order valence-electron chi connectivity index (χ2n) is 5.77. The summed E-state index contributed by atoms with van der Waals surface area (Å²) in [7, 11) is -3.43. The summed E-state index contributed by atoms with van der Waals surface area (Å²) in [6.45, 7) is 4.12. The average molecular weight is 344 g/mol. The molecule has 1 aliphatic carbocycles. The van der Waals surface area contributed by atoms with Gasteiger partial charge >= 0.3 is 0 Å². The minimum Gasteiger partial charge on any atom is -0.379 e. The topological polar surface area (TPSA) is 75.7 Å². The molecule has 1 N–H and O–H groups in total. The van der Waals surface area contributed by atoms with Crippen molar-refractivity contribution in [2.45, 2.75) is 24.1 Å². The molecule has 0 bridgehead atoms. The number of rotatable bonds is 5. The molecule has 2 aliphatic rings. The lowest BCUT2D eigenvalue weighted by Crippen LogP contribution is -2.40. The molecule has 1 saturated carbocycles. The number of ether oxygens (including phenoxy) is 1. The van der Waals surface area contributed by atoms with Crippen molar-refractivity contribution in [3.05, 3.63) is 17.0 Å². The van der Waals surface area contributed by atoms with Crippen molar-refractivity contribution in [2.75, 3.05) is 26.3 Å². The summed E-state index contributed by atoms with van der Waals surface area (Å²) in [5.74, 6) is 0.676. The molecule has 1 saturated heterocycles. The molecule has 6 nitrogen and oxygen atoms in total. The molecule has 3 rings (SSSR count). The van der Waals surface area contributed by atoms with E-state index in [2.05, 4.69) is 12.2 Å². The standard InChI is InChI=1S/C14H20N2O4S2/c1-10-8-12(10)14(17)15-9-11-2-3-13(21-11)22(18,19)16-4-6-20-7-5-16/h2-3,10,12H,4-9H2,1H3,(H,15,17)/t10-,12-/m1/s1. The summed E-state index contributed by atoms with van der Waals surface area (Å²) < 4.78 is 32.0. The molecular formula is C14H20N2O4S2. The molecule has 0 radical (unpaired) electrons. The first-order valence-electron chi connectivity index (χ1n) is 7.43. The number of hydrogen-bond acceptors (Lipinski definition) is 5. The van der Waals surface area contributed by atoms with Crippen LogP contribution >= 0.6 is 11.3 Å². The van der Waals surface area contributed by atoms with Gasteiger partial charge in [-0.2, -0.15) is 4.31 Å². The Bertz CT molecular complexity index is 650. The fraction of sp³-hybridized carbons (Fsp3) is 0.643. The smallest absolute Gasteiger partial charge is 0.252 e. The van der Waals surface area contributed by atoms with Crippen LogP contribution in [0.1, 0.15) is 18.2 Å². The van der Waals surface area contributed by atoms with Crippen molar-refractivity contribution < 1.29 is 17.9 Å². The maximum Gasteiger partial charge on any atom is 0.252 e. The van der Waals surface area contributed by atoms with Crippen molar-refractivity contribution in [1.29, 1.82) is 0 Å². The minimum absolute atomic E-state index is 0.0680. The third-order valence-electron chi connectivity index (χ3n) is 4.08. The third kappa shape index (κ3) is 3.34. The van der Waals surface area contributed by atoms with Crippen LogP contribution in [0.3, 0.4) is 0 Å². The monoisotopic (exact) mass is 344 g/mol. The van der Waals surface area contributed by atoms with Gasteiger partial charge in [-0.05, 0) is 24.5 Å². The van der Waals surface area contributed by atoms with E-state index in [0.717, 1.165) is 11.3 Å². The lowest BCUT2D eigenvalue weighted by atomic mass is 10.3. The minimum atomic E-state index is -3.43. The number of amides is 1. The molecular weight excluding hydrogens is 324 g/mol. The summed E-state index contributed by atoms with van der Waals surface area (Å²) >= 11 is 1.22. The largest absolute Gasteiger partial charge is 0.379 e. The van der Waals surface area contributed by atoms with Gasteiger partial charge < -0.3 is 10.1 Å². The van der Waals surface area contributed by atoms with Crippen LogP contribution < -0.4 is 5.32 Å². The van der Waals surface area contributed by atoms with Gasteiger partial charge in [0.2, 0.25) is 5.91 Å². The van der Waals surface area contributed by atoms with Crippen LogP contribution in [0, 0.1) is 11.8 Å². The predicted octanol–water partition coefficient (Wildman–Crippen LogP) is 1.04. The van der Waals surface area contributed by atoms with E-state index in [9.17, 15) is 13.2 Å². The zero-order valence-electron chi connectivity index (χ0n) is 12.4. The number of sulfonamides is 1. The van der Waals surface area contributed by atoms with E-state index >= 15 is 0 Å². The molecule has 0 aromatic carbocycles. The van der Waals surface area contributed by atoms with E-state index in [-0.39, 0.29) is 11.8 Å². The van der Waals surface area contributed by atoms with Crippen LogP contribution in [0.25, 0.3) is 0 Å². The average Bonchev–Trinajstić information content (AvgIpc) is 3.06. The highest BCUT2D eigenvalue weighted by Crippen LogP contribution is 2.37. The second-order valence-corrected chi connectivity index (χ2v) is 9.11. The maximum atomic E-state index is 12.5. The van der Waals surface area contributed by atoms with Crippen LogP contribution in [0.15, 0.2) is 16.3 Å². The zero-order valence-corrected chi connectivity index (χ0v) is 14.1. The van der Waals surface area contributed by atoms with Gasteiger partial charge in [-0.1, -0.05) is 6.92 Å². The van der Waals surface area contributed by atoms with Crippen molar-refractivity contribution in [2.24, 2.45) is 11.8 Å². The van der Waals surface area contributed by atoms with Crippen LogP contribution in [0.4, 0.5) is 0 Å². The number of nitrogens with zero attached hydrogens (tertiary/aromatic N) is 1. The van der Waals surface area contributed by atoms with Crippen LogP contribution in [-0.4, -0.2) is 44.9 Å². The van der Waals surface area contributed by atoms with Gasteiger partial charge in [0, 0.05) is 23.9 Å². The van der Waals surface area contributed by atoms with Crippen molar-refractivity contribution in [3.63, 3.8) is 0 Å². The lowest BCUT2D eigenvalue weighted by molar-refractivity contribution is -0.122. The van der Waals surface area contributed by atoms with Crippen LogP contribution in [0.2, 0.25) is 0 Å². The van der Waals surface area contributed by atoms with Gasteiger partial charge in [-0.15, -0.1) is 11.3 Å². The number of carbonyl (C=O) groups excluding carboxylic acids is 1. The first kappa shape index (κ1) is 15.9. The molecule has 8 heteroatoms. The fourth-order valence-corrected chi connectivity index (χ4v) is 5.36. The van der Waals surface area contributed by atoms with Crippen LogP contribution in [-0.2, 0) is 26.1 Å². The lowest BCUT2D eigenvalue weighted by Gasteiger charge is -2.25. The third-order valence-corrected chi connectivity index (χ3v) is 7.54. The highest BCUT2D eigenvalue weighted by atomic mass is 32.2. The molecule has 1 aromatic heterocycles. The van der Waals surface area contributed by atoms with E-state index < -0.39 is 10.0 Å². The van der Waals surface area contributed by atoms with E-state index in [4.69, 9.17) is 4.74 Å². The van der Waals surface area contributed by atoms with Gasteiger partial charge in [0.15, 0.2) is 0 Å². The first-order valence-corrected chi connectivity index (χ1v) is 9.68. The Morgan fingerprint density at radius 3 is 2.73 bits per heavy atom. The molecule has 22 heavy (non-hydrogen) atoms. The van der Waals surface area contributed by atoms with E-state index in [1.54, 1.807) is 12.1 Å². The molecule has 0 unspecified atom stereocenters. The molecule has 2 atom stereocenters. The summed E-state index contributed by atoms with van der Waals surface area (Å²) in [6.07, 6.45) is 0.951. The van der Waals surface area contributed by atoms with Gasteiger partial charge in [-0.25, -0.2) is 8.42 Å². The Kier molecular flexibility index (Phi) is 4.54. The Morgan fingerprint density at radius 2 is 2.09 bits per heavy atom. The summed E-state index contributed by atoms with van der Waals surface area (Å²) in [5, 5.41) is 2.88. The summed E-state index contributed by atoms with van der Waals surface area (Å²) in [4.78, 5) is 12.6. The Balaban J connectivity index is 1.61. The normalized spacial score (nSPS) is 25.9. The number of nitrogens with one attached hydrogen (secondary N) is 1. The van der Waals surface area contributed by atoms with E-state index in [0.29, 0.717) is 43.0 Å². The molecule has 2 heterocycles. The Morgan fingerprint density at radius 1 is 1.41 bits per heavy atom. The van der Waals surface area contributed by atoms with Crippen molar-refractivity contribution >= 4 is 27.3 Å². The van der Waals surface area contributed by atoms with Crippen molar-refractivity contribution in [1.82, 2.24) is 9.62 Å². The van der Waals surface area contributed by atoms with Crippen molar-refractivity contribution in [3.8, 4) is 0 Å². The highest BCUT2D eigenvalue weighted by Gasteiger charge is 2.38. The molecule has 122 valence electrons. The van der Waals surface area contributed by atoms with Gasteiger partial charge in [0.1, 0.15) is 4.21 Å². The fourth-order valence-electron chi connectivity index (χ4n) is 2.50. The van der Waals surface area contributed by atoms with E-state index in [1.807, 2.05) is 0 Å². The summed E-state index contributed by atoms with van der Waals surface area (Å²) in [6, 6.07) is 3.39.